The molecule has 0 fully saturated rings. The maximum absolute atomic E-state index is 10.7. The second-order valence-corrected chi connectivity index (χ2v) is 2.86. The molecule has 0 aliphatic heterocycles. The maximum Gasteiger partial charge on any atom is 0.288 e. The minimum Gasteiger partial charge on any atom is -0.497 e. The highest BCUT2D eigenvalue weighted by atomic mass is 35.5. The minimum absolute atomic E-state index is 0.181. The zero-order valence-corrected chi connectivity index (χ0v) is 8.17. The topological polar surface area (TPSA) is 55.4 Å². The molecule has 0 saturated carbocycles. The zero-order chi connectivity index (χ0) is 10.6. The van der Waals surface area contributed by atoms with E-state index in [0.29, 0.717) is 16.5 Å². The van der Waals surface area contributed by atoms with Crippen molar-refractivity contribution in [2.45, 2.75) is 0 Å². The van der Waals surface area contributed by atoms with Crippen LogP contribution in [0, 0.1) is 0 Å². The van der Waals surface area contributed by atoms with E-state index in [2.05, 4.69) is 5.32 Å². The first-order valence-corrected chi connectivity index (χ1v) is 4.15. The molecule has 0 spiro atoms. The summed E-state index contributed by atoms with van der Waals surface area (Å²) in [5.41, 5.74) is 0.379. The number of hydrogen-bond acceptors (Lipinski definition) is 3. The van der Waals surface area contributed by atoms with Crippen LogP contribution >= 0.6 is 11.6 Å². The molecular weight excluding hydrogens is 206 g/mol. The van der Waals surface area contributed by atoms with E-state index >= 15 is 0 Å². The van der Waals surface area contributed by atoms with Gasteiger partial charge in [-0.3, -0.25) is 9.59 Å². The van der Waals surface area contributed by atoms with Gasteiger partial charge in [-0.25, -0.2) is 0 Å². The van der Waals surface area contributed by atoms with Crippen LogP contribution < -0.4 is 10.1 Å². The summed E-state index contributed by atoms with van der Waals surface area (Å²) in [4.78, 5) is 20.8. The van der Waals surface area contributed by atoms with Crippen molar-refractivity contribution in [3.8, 4) is 5.75 Å². The normalized spacial score (nSPS) is 9.29. The summed E-state index contributed by atoms with van der Waals surface area (Å²) in [6.45, 7) is 0. The van der Waals surface area contributed by atoms with Crippen LogP contribution in [0.25, 0.3) is 0 Å². The predicted octanol–water partition coefficient (Wildman–Crippen LogP) is 1.49. The first-order valence-electron chi connectivity index (χ1n) is 3.77. The van der Waals surface area contributed by atoms with E-state index in [1.807, 2.05) is 0 Å². The molecular formula is C9H8ClNO3. The Morgan fingerprint density at radius 2 is 2.29 bits per heavy atom. The Bertz CT molecular complexity index is 365. The Balaban J connectivity index is 2.88. The van der Waals surface area contributed by atoms with Gasteiger partial charge in [-0.2, -0.15) is 0 Å². The second-order valence-electron chi connectivity index (χ2n) is 2.45. The number of hydrogen-bond donors (Lipinski definition) is 1. The van der Waals surface area contributed by atoms with Crippen LogP contribution in [0.15, 0.2) is 18.2 Å². The van der Waals surface area contributed by atoms with Gasteiger partial charge in [0.2, 0.25) is 6.29 Å². The van der Waals surface area contributed by atoms with E-state index < -0.39 is 5.91 Å². The molecule has 0 aromatic heterocycles. The highest BCUT2D eigenvalue weighted by molar-refractivity contribution is 6.36. The van der Waals surface area contributed by atoms with Crippen LogP contribution in [-0.2, 0) is 9.59 Å². The van der Waals surface area contributed by atoms with E-state index in [-0.39, 0.29) is 6.29 Å². The summed E-state index contributed by atoms with van der Waals surface area (Å²) in [5, 5.41) is 2.64. The number of halogens is 1. The fraction of sp³-hybridized carbons (Fsp3) is 0.111. The fourth-order valence-electron chi connectivity index (χ4n) is 0.886. The van der Waals surface area contributed by atoms with Crippen molar-refractivity contribution < 1.29 is 14.3 Å². The summed E-state index contributed by atoms with van der Waals surface area (Å²) in [6, 6.07) is 4.73. The highest BCUT2D eigenvalue weighted by Crippen LogP contribution is 2.26. The smallest absolute Gasteiger partial charge is 0.288 e. The highest BCUT2D eigenvalue weighted by Gasteiger charge is 2.05. The quantitative estimate of drug-likeness (QED) is 0.611. The molecule has 1 aromatic carbocycles. The van der Waals surface area contributed by atoms with Crippen molar-refractivity contribution in [1.82, 2.24) is 0 Å². The molecule has 0 aliphatic rings. The number of aldehydes is 1. The molecule has 0 aliphatic carbocycles. The zero-order valence-electron chi connectivity index (χ0n) is 7.41. The van der Waals surface area contributed by atoms with Gasteiger partial charge in [-0.1, -0.05) is 11.6 Å². The molecule has 0 atom stereocenters. The minimum atomic E-state index is -0.739. The average Bonchev–Trinajstić information content (AvgIpc) is 2.20. The van der Waals surface area contributed by atoms with E-state index in [9.17, 15) is 9.59 Å². The maximum atomic E-state index is 10.7. The Labute approximate surface area is 85.8 Å². The van der Waals surface area contributed by atoms with Crippen molar-refractivity contribution in [2.75, 3.05) is 12.4 Å². The number of anilines is 1. The summed E-state index contributed by atoms with van der Waals surface area (Å²) < 4.78 is 4.91. The molecule has 0 saturated heterocycles. The number of amides is 1. The molecule has 74 valence electrons. The Kier molecular flexibility index (Phi) is 3.48. The summed E-state index contributed by atoms with van der Waals surface area (Å²) >= 11 is 5.80. The van der Waals surface area contributed by atoms with Crippen molar-refractivity contribution in [3.05, 3.63) is 23.2 Å². The number of ether oxygens (including phenoxy) is 1. The summed E-state index contributed by atoms with van der Waals surface area (Å²) in [7, 11) is 1.51. The van der Waals surface area contributed by atoms with Gasteiger partial charge < -0.3 is 10.1 Å². The molecule has 0 radical (unpaired) electrons. The molecule has 4 nitrogen and oxygen atoms in total. The van der Waals surface area contributed by atoms with Gasteiger partial charge in [0, 0.05) is 6.07 Å². The van der Waals surface area contributed by atoms with Gasteiger partial charge in [-0.05, 0) is 12.1 Å². The van der Waals surface area contributed by atoms with E-state index in [1.165, 1.54) is 7.11 Å². The molecule has 1 N–H and O–H groups in total. The number of rotatable bonds is 3. The largest absolute Gasteiger partial charge is 0.497 e. The van der Waals surface area contributed by atoms with Crippen molar-refractivity contribution in [1.29, 1.82) is 0 Å². The lowest BCUT2D eigenvalue weighted by atomic mass is 10.3. The molecule has 0 bridgehead atoms. The van der Waals surface area contributed by atoms with E-state index in [4.69, 9.17) is 16.3 Å². The molecule has 0 heterocycles. The van der Waals surface area contributed by atoms with Gasteiger partial charge in [0.25, 0.3) is 5.91 Å². The van der Waals surface area contributed by atoms with Crippen molar-refractivity contribution in [2.24, 2.45) is 0 Å². The summed E-state index contributed by atoms with van der Waals surface area (Å²) in [6.07, 6.45) is 0.181. The lowest BCUT2D eigenvalue weighted by Gasteiger charge is -2.05. The van der Waals surface area contributed by atoms with Crippen LogP contribution in [0.4, 0.5) is 5.69 Å². The van der Waals surface area contributed by atoms with Crippen molar-refractivity contribution in [3.63, 3.8) is 0 Å². The molecule has 14 heavy (non-hydrogen) atoms. The second kappa shape index (κ2) is 4.62. The Morgan fingerprint density at radius 3 is 2.79 bits per heavy atom. The van der Waals surface area contributed by atoms with E-state index in [0.717, 1.165) is 0 Å². The van der Waals surface area contributed by atoms with Gasteiger partial charge >= 0.3 is 0 Å². The predicted molar refractivity (Wildman–Crippen MR) is 52.7 cm³/mol. The number of carbonyl (C=O) groups is 2. The Morgan fingerprint density at radius 1 is 1.57 bits per heavy atom. The SMILES string of the molecule is COc1ccc(NC(=O)C=O)c(Cl)c1. The third-order valence-corrected chi connectivity index (χ3v) is 1.85. The average molecular weight is 214 g/mol. The third-order valence-electron chi connectivity index (χ3n) is 1.54. The first kappa shape index (κ1) is 10.5. The Hall–Kier alpha value is -1.55. The van der Waals surface area contributed by atoms with Crippen molar-refractivity contribution >= 4 is 29.5 Å². The first-order chi connectivity index (χ1) is 6.67. The monoisotopic (exact) mass is 213 g/mol. The van der Waals surface area contributed by atoms with Crippen LogP contribution in [0.2, 0.25) is 5.02 Å². The fourth-order valence-corrected chi connectivity index (χ4v) is 1.10. The van der Waals surface area contributed by atoms with Crippen LogP contribution in [-0.4, -0.2) is 19.3 Å². The number of nitrogens with one attached hydrogen (secondary N) is 1. The van der Waals surface area contributed by atoms with Gasteiger partial charge in [0.1, 0.15) is 5.75 Å². The molecule has 1 amide bonds. The molecule has 0 unspecified atom stereocenters. The molecule has 1 rings (SSSR count). The van der Waals surface area contributed by atoms with E-state index in [1.54, 1.807) is 18.2 Å². The van der Waals surface area contributed by atoms with Crippen LogP contribution in [0.3, 0.4) is 0 Å². The lowest BCUT2D eigenvalue weighted by molar-refractivity contribution is -0.127. The third kappa shape index (κ3) is 2.47. The standard InChI is InChI=1S/C9H8ClNO3/c1-14-6-2-3-8(7(10)4-6)11-9(13)5-12/h2-5H,1H3,(H,11,13). The van der Waals surface area contributed by atoms with Gasteiger partial charge in [0.05, 0.1) is 17.8 Å². The molecule has 1 aromatic rings. The van der Waals surface area contributed by atoms with Gasteiger partial charge in [0.15, 0.2) is 0 Å². The van der Waals surface area contributed by atoms with Gasteiger partial charge in [-0.15, -0.1) is 0 Å². The number of methoxy groups -OCH3 is 1. The van der Waals surface area contributed by atoms with Crippen LogP contribution in [0.1, 0.15) is 0 Å². The summed E-state index contributed by atoms with van der Waals surface area (Å²) in [5.74, 6) is -0.156. The number of carbonyl (C=O) groups excluding carboxylic acids is 2. The van der Waals surface area contributed by atoms with Crippen LogP contribution in [0.5, 0.6) is 5.75 Å². The number of benzene rings is 1. The lowest BCUT2D eigenvalue weighted by Crippen LogP contribution is -2.12. The molecule has 5 heteroatoms.